The van der Waals surface area contributed by atoms with Crippen LogP contribution in [-0.4, -0.2) is 76.3 Å². The molecule has 0 bridgehead atoms. The largest absolute Gasteiger partial charge is 0.480 e. The first-order valence-electron chi connectivity index (χ1n) is 11.2. The molecule has 0 saturated heterocycles. The fourth-order valence-corrected chi connectivity index (χ4v) is 4.47. The van der Waals surface area contributed by atoms with Crippen LogP contribution in [0.1, 0.15) is 31.4 Å². The van der Waals surface area contributed by atoms with E-state index in [2.05, 4.69) is 23.3 Å². The maximum Gasteiger partial charge on any atom is 0.326 e. The van der Waals surface area contributed by atoms with Crippen LogP contribution in [-0.2, 0) is 27.3 Å². The third-order valence-electron chi connectivity index (χ3n) is 5.97. The van der Waals surface area contributed by atoms with Gasteiger partial charge in [-0.15, -0.1) is 0 Å². The second kappa shape index (κ2) is 13.2. The molecule has 1 aliphatic rings. The van der Waals surface area contributed by atoms with Gasteiger partial charge in [0.05, 0.1) is 12.1 Å². The van der Waals surface area contributed by atoms with Crippen molar-refractivity contribution in [2.24, 2.45) is 11.7 Å². The fourth-order valence-electron chi connectivity index (χ4n) is 3.84. The molecule has 2 rings (SSSR count). The van der Waals surface area contributed by atoms with Crippen LogP contribution in [0.5, 0.6) is 0 Å². The molecular weight excluding hydrogens is 460 g/mol. The van der Waals surface area contributed by atoms with E-state index in [1.54, 1.807) is 11.8 Å². The lowest BCUT2D eigenvalue weighted by Gasteiger charge is -2.39. The van der Waals surface area contributed by atoms with Crippen LogP contribution in [0.25, 0.3) is 0 Å². The molecule has 1 aromatic rings. The fraction of sp³-hybridized carbons (Fsp3) is 0.609. The van der Waals surface area contributed by atoms with Gasteiger partial charge in [0.15, 0.2) is 0 Å². The number of fused-ring (bicyclic) bond motifs is 1. The number of nitrogens with two attached hydrogens (primary N) is 1. The lowest BCUT2D eigenvalue weighted by Crippen LogP contribution is -2.58. The highest BCUT2D eigenvalue weighted by atomic mass is 32.2. The highest BCUT2D eigenvalue weighted by Crippen LogP contribution is 2.25. The quantitative estimate of drug-likeness (QED) is 0.275. The van der Waals surface area contributed by atoms with E-state index in [4.69, 9.17) is 5.73 Å². The Labute approximate surface area is 205 Å². The summed E-state index contributed by atoms with van der Waals surface area (Å²) < 4.78 is 0. The SMILES string of the molecule is CSCC[C@H](NC(=O)[C@H]1Cc2ccccc2CN1C[C@H](NC(=O)[C@@H](N)CS)C(C)C)C(=O)O. The number of hydrogen-bond acceptors (Lipinski definition) is 7. The number of rotatable bonds is 12. The summed E-state index contributed by atoms with van der Waals surface area (Å²) in [5.74, 6) is -0.625. The summed E-state index contributed by atoms with van der Waals surface area (Å²) in [7, 11) is 0. The molecule has 4 atom stereocenters. The average molecular weight is 497 g/mol. The number of amides is 2. The Kier molecular flexibility index (Phi) is 11.0. The zero-order valence-corrected chi connectivity index (χ0v) is 21.2. The molecule has 0 spiro atoms. The minimum absolute atomic E-state index is 0.107. The lowest BCUT2D eigenvalue weighted by atomic mass is 9.91. The van der Waals surface area contributed by atoms with Crippen molar-refractivity contribution in [1.29, 1.82) is 0 Å². The number of nitrogens with one attached hydrogen (secondary N) is 2. The molecule has 0 radical (unpaired) electrons. The van der Waals surface area contributed by atoms with Crippen molar-refractivity contribution in [3.8, 4) is 0 Å². The second-order valence-electron chi connectivity index (χ2n) is 8.75. The number of nitrogens with zero attached hydrogens (tertiary/aromatic N) is 1. The number of carbonyl (C=O) groups is 3. The number of hydrogen-bond donors (Lipinski definition) is 5. The minimum Gasteiger partial charge on any atom is -0.480 e. The zero-order valence-electron chi connectivity index (χ0n) is 19.5. The Hall–Kier alpha value is -1.75. The van der Waals surface area contributed by atoms with Gasteiger partial charge in [-0.05, 0) is 41.9 Å². The van der Waals surface area contributed by atoms with Crippen LogP contribution in [0.2, 0.25) is 0 Å². The minimum atomic E-state index is -1.03. The predicted molar refractivity (Wildman–Crippen MR) is 136 cm³/mol. The first-order chi connectivity index (χ1) is 15.7. The van der Waals surface area contributed by atoms with E-state index in [0.717, 1.165) is 11.1 Å². The van der Waals surface area contributed by atoms with Gasteiger partial charge >= 0.3 is 5.97 Å². The smallest absolute Gasteiger partial charge is 0.326 e. The van der Waals surface area contributed by atoms with Gasteiger partial charge in [0.1, 0.15) is 6.04 Å². The van der Waals surface area contributed by atoms with Crippen molar-refractivity contribution < 1.29 is 19.5 Å². The van der Waals surface area contributed by atoms with E-state index in [-0.39, 0.29) is 29.5 Å². The van der Waals surface area contributed by atoms with Crippen LogP contribution in [0.3, 0.4) is 0 Å². The van der Waals surface area contributed by atoms with Crippen molar-refractivity contribution in [2.75, 3.05) is 24.3 Å². The summed E-state index contributed by atoms with van der Waals surface area (Å²) >= 11 is 5.65. The van der Waals surface area contributed by atoms with E-state index in [9.17, 15) is 19.5 Å². The molecular formula is C23H36N4O4S2. The van der Waals surface area contributed by atoms with Gasteiger partial charge in [0, 0.05) is 24.9 Å². The van der Waals surface area contributed by atoms with E-state index >= 15 is 0 Å². The maximum absolute atomic E-state index is 13.3. The Morgan fingerprint density at radius 3 is 2.48 bits per heavy atom. The summed E-state index contributed by atoms with van der Waals surface area (Å²) in [5.41, 5.74) is 8.04. The van der Waals surface area contributed by atoms with Gasteiger partial charge in [0.2, 0.25) is 11.8 Å². The molecule has 0 unspecified atom stereocenters. The molecule has 184 valence electrons. The molecule has 1 heterocycles. The Balaban J connectivity index is 2.24. The van der Waals surface area contributed by atoms with E-state index < -0.39 is 24.1 Å². The number of benzene rings is 1. The number of thioether (sulfide) groups is 1. The monoisotopic (exact) mass is 496 g/mol. The summed E-state index contributed by atoms with van der Waals surface area (Å²) in [5, 5.41) is 15.3. The van der Waals surface area contributed by atoms with Crippen molar-refractivity contribution in [2.45, 2.75) is 57.4 Å². The number of thiol groups is 1. The van der Waals surface area contributed by atoms with Crippen LogP contribution in [0.4, 0.5) is 0 Å². The van der Waals surface area contributed by atoms with Gasteiger partial charge in [-0.3, -0.25) is 14.5 Å². The molecule has 1 aliphatic heterocycles. The van der Waals surface area contributed by atoms with Gasteiger partial charge in [-0.2, -0.15) is 24.4 Å². The molecule has 2 amide bonds. The Morgan fingerprint density at radius 2 is 1.91 bits per heavy atom. The number of aliphatic carboxylic acids is 1. The molecule has 0 saturated carbocycles. The van der Waals surface area contributed by atoms with Gasteiger partial charge < -0.3 is 21.5 Å². The molecule has 0 aliphatic carbocycles. The number of carboxylic acids is 1. The zero-order chi connectivity index (χ0) is 24.5. The topological polar surface area (TPSA) is 125 Å². The first-order valence-corrected chi connectivity index (χ1v) is 13.2. The summed E-state index contributed by atoms with van der Waals surface area (Å²) in [6.45, 7) is 4.99. The van der Waals surface area contributed by atoms with Gasteiger partial charge in [-0.25, -0.2) is 4.79 Å². The highest BCUT2D eigenvalue weighted by Gasteiger charge is 2.35. The van der Waals surface area contributed by atoms with Crippen LogP contribution in [0, 0.1) is 5.92 Å². The van der Waals surface area contributed by atoms with Crippen molar-refractivity contribution >= 4 is 42.2 Å². The maximum atomic E-state index is 13.3. The second-order valence-corrected chi connectivity index (χ2v) is 10.1. The average Bonchev–Trinajstić information content (AvgIpc) is 2.79. The summed E-state index contributed by atoms with van der Waals surface area (Å²) in [6.07, 6.45) is 2.74. The molecule has 0 fully saturated rings. The van der Waals surface area contributed by atoms with Crippen molar-refractivity contribution in [3.05, 3.63) is 35.4 Å². The number of carboxylic acid groups (broad SMARTS) is 1. The molecule has 5 N–H and O–H groups in total. The van der Waals surface area contributed by atoms with Crippen LogP contribution >= 0.6 is 24.4 Å². The van der Waals surface area contributed by atoms with Gasteiger partial charge in [-0.1, -0.05) is 38.1 Å². The normalized spacial score (nSPS) is 18.8. The van der Waals surface area contributed by atoms with Gasteiger partial charge in [0.25, 0.3) is 0 Å². The highest BCUT2D eigenvalue weighted by molar-refractivity contribution is 7.98. The lowest BCUT2D eigenvalue weighted by molar-refractivity contribution is -0.143. The van der Waals surface area contributed by atoms with E-state index in [1.807, 2.05) is 49.3 Å². The first kappa shape index (κ1) is 27.5. The predicted octanol–water partition coefficient (Wildman–Crippen LogP) is 1.13. The van der Waals surface area contributed by atoms with Crippen molar-refractivity contribution in [3.63, 3.8) is 0 Å². The Morgan fingerprint density at radius 1 is 1.24 bits per heavy atom. The van der Waals surface area contributed by atoms with E-state index in [1.165, 1.54) is 0 Å². The number of carbonyl (C=O) groups excluding carboxylic acids is 2. The molecule has 33 heavy (non-hydrogen) atoms. The Bertz CT molecular complexity index is 823. The third kappa shape index (κ3) is 7.91. The summed E-state index contributed by atoms with van der Waals surface area (Å²) in [4.78, 5) is 39.4. The standard InChI is InChI=1S/C23H36N4O4S2/c1-14(2)19(26-21(28)17(24)13-32)12-27-11-16-7-5-4-6-15(16)10-20(27)22(29)25-18(23(30)31)8-9-33-3/h4-7,14,17-20,32H,8-13,24H2,1-3H3,(H,25,29)(H,26,28)(H,30,31)/t17-,18-,19-,20+/m0/s1. The third-order valence-corrected chi connectivity index (χ3v) is 7.01. The molecule has 8 nitrogen and oxygen atoms in total. The molecule has 1 aromatic carbocycles. The molecule has 0 aromatic heterocycles. The summed E-state index contributed by atoms with van der Waals surface area (Å²) in [6, 6.07) is 5.55. The molecule has 10 heteroatoms. The van der Waals surface area contributed by atoms with Crippen LogP contribution < -0.4 is 16.4 Å². The van der Waals surface area contributed by atoms with E-state index in [0.29, 0.717) is 31.7 Å². The van der Waals surface area contributed by atoms with Crippen LogP contribution in [0.15, 0.2) is 24.3 Å². The van der Waals surface area contributed by atoms with Crippen molar-refractivity contribution in [1.82, 2.24) is 15.5 Å².